The van der Waals surface area contributed by atoms with Gasteiger partial charge in [0.15, 0.2) is 0 Å². The smallest absolute Gasteiger partial charge is 0.356 e. The molecule has 1 aliphatic rings. The van der Waals surface area contributed by atoms with Crippen LogP contribution in [-0.4, -0.2) is 68.8 Å². The Bertz CT molecular complexity index is 1670. The average Bonchev–Trinajstić information content (AvgIpc) is 3.09. The first-order chi connectivity index (χ1) is 23.1. The highest BCUT2D eigenvalue weighted by Gasteiger charge is 2.55. The summed E-state index contributed by atoms with van der Waals surface area (Å²) in [6.45, 7) is 1.14. The molecule has 4 aromatic rings. The summed E-state index contributed by atoms with van der Waals surface area (Å²) in [4.78, 5) is 44.0. The van der Waals surface area contributed by atoms with Crippen LogP contribution in [0.1, 0.15) is 26.3 Å². The molecule has 1 fully saturated rings. The van der Waals surface area contributed by atoms with E-state index in [0.717, 1.165) is 33.2 Å². The molecule has 0 bridgehead atoms. The number of carbonyl (C=O) groups excluding carboxylic acids is 3. The van der Waals surface area contributed by atoms with Gasteiger partial charge in [-0.05, 0) is 42.2 Å². The summed E-state index contributed by atoms with van der Waals surface area (Å²) < 4.78 is 19.6. The first-order valence-corrected chi connectivity index (χ1v) is 18.6. The number of aliphatic hydroxyl groups is 1. The van der Waals surface area contributed by atoms with Gasteiger partial charge in [0.2, 0.25) is 5.91 Å². The van der Waals surface area contributed by atoms with Crippen molar-refractivity contribution < 1.29 is 28.6 Å². The van der Waals surface area contributed by atoms with Gasteiger partial charge in [-0.3, -0.25) is 14.5 Å². The fourth-order valence-electron chi connectivity index (χ4n) is 5.74. The molecular weight excluding hydrogens is 646 g/mol. The van der Waals surface area contributed by atoms with Crippen molar-refractivity contribution in [1.82, 2.24) is 10.2 Å². The maximum absolute atomic E-state index is 14.8. The number of thioether (sulfide) groups is 1. The normalized spacial score (nSPS) is 16.9. The number of halogens is 1. The monoisotopic (exact) mass is 686 g/mol. The highest BCUT2D eigenvalue weighted by atomic mass is 32.2. The van der Waals surface area contributed by atoms with E-state index in [1.165, 1.54) is 4.90 Å². The molecule has 2 amide bonds. The molecule has 0 radical (unpaired) electrons. The minimum Gasteiger partial charge on any atom is -0.455 e. The molecule has 0 aliphatic carbocycles. The Hall–Kier alpha value is -4.17. The summed E-state index contributed by atoms with van der Waals surface area (Å²) in [5.74, 6) is -1.60. The molecule has 1 saturated heterocycles. The van der Waals surface area contributed by atoms with Crippen LogP contribution in [0.2, 0.25) is 0 Å². The Morgan fingerprint density at radius 3 is 1.75 bits per heavy atom. The van der Waals surface area contributed by atoms with Crippen molar-refractivity contribution in [3.8, 4) is 0 Å². The Morgan fingerprint density at radius 1 is 0.854 bits per heavy atom. The van der Waals surface area contributed by atoms with Gasteiger partial charge in [-0.15, -0.1) is 11.8 Å². The van der Waals surface area contributed by atoms with Gasteiger partial charge in [0.1, 0.15) is 29.1 Å². The van der Waals surface area contributed by atoms with Crippen LogP contribution in [0.5, 0.6) is 0 Å². The predicted octanol–water partition coefficient (Wildman–Crippen LogP) is 4.41. The Balaban J connectivity index is 1.77. The standard InChI is InChI=1S/C38H40FN2O5PS/c1-38(2,3)46-37(45)35(47(29-18-10-5-11-19-29,30-20-12-6-13-21-30)31-22-14-7-15-23-31)41-34(44)33(36(41)48-26-28(42)25-39)40-32(43)24-27-16-8-4-9-17-27/h4-23,28,33,36,42H,24-26H2,1-3H3,(H,40,43)/t28?,33-,36-/m1/s1. The second kappa shape index (κ2) is 15.4. The van der Waals surface area contributed by atoms with Crippen LogP contribution in [0.4, 0.5) is 4.39 Å². The molecule has 2 N–H and O–H groups in total. The zero-order chi connectivity index (χ0) is 34.3. The van der Waals surface area contributed by atoms with E-state index in [0.29, 0.717) is 0 Å². The number of benzene rings is 4. The SMILES string of the molecule is CC(C)(C)OC(=O)C(N1C(=O)[C@@H](NC(=O)Cc2ccccc2)[C@H]1SCC(O)CF)=P(c1ccccc1)(c1ccccc1)c1ccccc1. The van der Waals surface area contributed by atoms with Crippen molar-refractivity contribution in [2.75, 3.05) is 12.4 Å². The van der Waals surface area contributed by atoms with E-state index in [1.54, 1.807) is 20.8 Å². The zero-order valence-corrected chi connectivity index (χ0v) is 28.9. The summed E-state index contributed by atoms with van der Waals surface area (Å²) in [5, 5.41) is 14.7. The number of alkyl halides is 1. The first kappa shape index (κ1) is 35.1. The van der Waals surface area contributed by atoms with Gasteiger partial charge in [-0.1, -0.05) is 121 Å². The molecule has 0 aromatic heterocycles. The molecule has 4 aromatic carbocycles. The number of nitrogens with one attached hydrogen (secondary N) is 1. The number of hydrogen-bond acceptors (Lipinski definition) is 6. The lowest BCUT2D eigenvalue weighted by atomic mass is 10.1. The van der Waals surface area contributed by atoms with Crippen LogP contribution in [-0.2, 0) is 25.5 Å². The van der Waals surface area contributed by atoms with Crippen LogP contribution in [0, 0.1) is 0 Å². The summed E-state index contributed by atoms with van der Waals surface area (Å²) in [6.07, 6.45) is -1.25. The lowest BCUT2D eigenvalue weighted by molar-refractivity contribution is -0.151. The van der Waals surface area contributed by atoms with E-state index < -0.39 is 48.6 Å². The Labute approximate surface area is 285 Å². The van der Waals surface area contributed by atoms with Crippen molar-refractivity contribution in [3.05, 3.63) is 127 Å². The van der Waals surface area contributed by atoms with E-state index >= 15 is 0 Å². The lowest BCUT2D eigenvalue weighted by Crippen LogP contribution is -2.72. The topological polar surface area (TPSA) is 95.9 Å². The number of aliphatic hydroxyl groups excluding tert-OH is 1. The highest BCUT2D eigenvalue weighted by molar-refractivity contribution is 8.00. The van der Waals surface area contributed by atoms with Crippen LogP contribution < -0.4 is 21.2 Å². The third kappa shape index (κ3) is 7.59. The number of nitrogens with zero attached hydrogens (tertiary/aromatic N) is 1. The van der Waals surface area contributed by atoms with Crippen LogP contribution >= 0.6 is 18.6 Å². The van der Waals surface area contributed by atoms with Gasteiger partial charge < -0.3 is 15.2 Å². The molecule has 10 heteroatoms. The Kier molecular flexibility index (Phi) is 11.3. The van der Waals surface area contributed by atoms with Gasteiger partial charge in [-0.2, -0.15) is 0 Å². The number of rotatable bonds is 12. The van der Waals surface area contributed by atoms with Gasteiger partial charge in [0.25, 0.3) is 5.91 Å². The van der Waals surface area contributed by atoms with Gasteiger partial charge in [0, 0.05) is 12.6 Å². The van der Waals surface area contributed by atoms with Gasteiger partial charge in [-0.25, -0.2) is 9.18 Å². The molecular formula is C38H40FN2O5PS. The lowest BCUT2D eigenvalue weighted by Gasteiger charge is -2.49. The van der Waals surface area contributed by atoms with Crippen molar-refractivity contribution in [3.63, 3.8) is 0 Å². The van der Waals surface area contributed by atoms with Gasteiger partial charge >= 0.3 is 5.97 Å². The van der Waals surface area contributed by atoms with Crippen LogP contribution in [0.3, 0.4) is 0 Å². The van der Waals surface area contributed by atoms with Crippen molar-refractivity contribution in [1.29, 1.82) is 0 Å². The van der Waals surface area contributed by atoms with E-state index in [4.69, 9.17) is 4.74 Å². The maximum Gasteiger partial charge on any atom is 0.356 e. The number of amides is 2. The molecule has 7 nitrogen and oxygen atoms in total. The number of esters is 1. The van der Waals surface area contributed by atoms with E-state index in [1.807, 2.05) is 121 Å². The molecule has 48 heavy (non-hydrogen) atoms. The third-order valence-corrected chi connectivity index (χ3v) is 13.4. The minimum absolute atomic E-state index is 0.0483. The summed E-state index contributed by atoms with van der Waals surface area (Å²) in [7, 11) is 0. The van der Waals surface area contributed by atoms with E-state index in [2.05, 4.69) is 5.32 Å². The number of hydrogen-bond donors (Lipinski definition) is 2. The maximum atomic E-state index is 14.8. The molecule has 5 rings (SSSR count). The van der Waals surface area contributed by atoms with Crippen molar-refractivity contribution in [2.24, 2.45) is 0 Å². The van der Waals surface area contributed by atoms with E-state index in [9.17, 15) is 23.9 Å². The molecule has 1 aliphatic heterocycles. The second-order valence-electron chi connectivity index (χ2n) is 12.5. The third-order valence-electron chi connectivity index (χ3n) is 7.76. The van der Waals surface area contributed by atoms with Gasteiger partial charge in [0.05, 0.1) is 12.5 Å². The number of likely N-dealkylation sites (tertiary alicyclic amines) is 1. The fourth-order valence-corrected chi connectivity index (χ4v) is 11.4. The molecule has 1 heterocycles. The molecule has 0 spiro atoms. The zero-order valence-electron chi connectivity index (χ0n) is 27.2. The number of carbonyl (C=O) groups is 3. The number of β-lactam (4-membered cyclic amide) rings is 1. The molecule has 0 saturated carbocycles. The largest absolute Gasteiger partial charge is 0.455 e. The Morgan fingerprint density at radius 2 is 1.31 bits per heavy atom. The first-order valence-electron chi connectivity index (χ1n) is 15.7. The minimum atomic E-state index is -3.19. The average molecular weight is 687 g/mol. The highest BCUT2D eigenvalue weighted by Crippen LogP contribution is 2.50. The second-order valence-corrected chi connectivity index (χ2v) is 16.9. The van der Waals surface area contributed by atoms with Crippen LogP contribution in [0.25, 0.3) is 0 Å². The fraction of sp³-hybridized carbons (Fsp3) is 0.263. The molecule has 3 atom stereocenters. The number of ether oxygens (including phenoxy) is 1. The summed E-state index contributed by atoms with van der Waals surface area (Å²) >= 11 is 1.12. The van der Waals surface area contributed by atoms with Crippen molar-refractivity contribution in [2.45, 2.75) is 50.3 Å². The quantitative estimate of drug-likeness (QED) is 0.130. The molecule has 1 unspecified atom stereocenters. The van der Waals surface area contributed by atoms with E-state index in [-0.39, 0.29) is 23.5 Å². The molecule has 250 valence electrons. The van der Waals surface area contributed by atoms with Crippen LogP contribution in [0.15, 0.2) is 121 Å². The predicted molar refractivity (Wildman–Crippen MR) is 193 cm³/mol. The summed E-state index contributed by atoms with van der Waals surface area (Å²) in [5.41, 5.74) is 0.0115. The van der Waals surface area contributed by atoms with Crippen molar-refractivity contribution >= 4 is 57.8 Å². The summed E-state index contributed by atoms with van der Waals surface area (Å²) in [6, 6.07) is 36.9.